The Hall–Kier alpha value is 1.47. The van der Waals surface area contributed by atoms with Crippen molar-refractivity contribution >= 4 is 10.4 Å². The maximum absolute atomic E-state index is 10.6. The molecule has 0 aromatic heterocycles. The van der Waals surface area contributed by atoms with E-state index in [4.69, 9.17) is 4.74 Å². The zero-order valence-corrected chi connectivity index (χ0v) is 19.2. The third-order valence-corrected chi connectivity index (χ3v) is 4.00. The van der Waals surface area contributed by atoms with Crippen LogP contribution in [0.15, 0.2) is 0 Å². The minimum Gasteiger partial charge on any atom is -0.725 e. The molecular weight excluding hydrogens is 343 g/mol. The van der Waals surface area contributed by atoms with Crippen LogP contribution < -0.4 is 51.4 Å². The fourth-order valence-electron chi connectivity index (χ4n) is 2.33. The van der Waals surface area contributed by atoms with Crippen molar-refractivity contribution < 1.29 is 73.3 Å². The summed E-state index contributed by atoms with van der Waals surface area (Å²) in [4.78, 5) is 0. The van der Waals surface area contributed by atoms with E-state index < -0.39 is 16.7 Å². The van der Waals surface area contributed by atoms with Crippen LogP contribution in [-0.2, 0) is 19.3 Å². The van der Waals surface area contributed by atoms with Gasteiger partial charge in [-0.1, -0.05) is 78.1 Å². The molecule has 0 bridgehead atoms. The summed E-state index contributed by atoms with van der Waals surface area (Å²) < 4.78 is 41.4. The molecule has 23 heavy (non-hydrogen) atoms. The van der Waals surface area contributed by atoms with Crippen molar-refractivity contribution in [3.8, 4) is 0 Å². The molecule has 0 aromatic rings. The smallest absolute Gasteiger partial charge is 0.725 e. The molecule has 0 heterocycles. The fourth-order valence-corrected chi connectivity index (χ4v) is 2.75. The second-order valence-electron chi connectivity index (χ2n) is 5.78. The van der Waals surface area contributed by atoms with Crippen LogP contribution in [0.5, 0.6) is 0 Å². The van der Waals surface area contributed by atoms with E-state index in [2.05, 4.69) is 11.1 Å². The summed E-state index contributed by atoms with van der Waals surface area (Å²) in [7, 11) is -4.69. The predicted molar refractivity (Wildman–Crippen MR) is 87.3 cm³/mol. The molecule has 0 saturated heterocycles. The molecule has 0 saturated carbocycles. The molecular formula is C16H33KO5S. The molecule has 1 unspecified atom stereocenters. The Kier molecular flexibility index (Phi) is 21.2. The van der Waals surface area contributed by atoms with Gasteiger partial charge in [-0.2, -0.15) is 0 Å². The monoisotopic (exact) mass is 376 g/mol. The van der Waals surface area contributed by atoms with E-state index in [1.165, 1.54) is 51.4 Å². The van der Waals surface area contributed by atoms with E-state index in [1.807, 2.05) is 6.92 Å². The molecule has 0 N–H and O–H groups in total. The summed E-state index contributed by atoms with van der Waals surface area (Å²) in [6, 6.07) is 0. The Bertz CT molecular complexity index is 335. The second kappa shape index (κ2) is 18.3. The molecule has 5 nitrogen and oxygen atoms in total. The number of hydrogen-bond acceptors (Lipinski definition) is 5. The summed E-state index contributed by atoms with van der Waals surface area (Å²) in [5.41, 5.74) is 0. The van der Waals surface area contributed by atoms with Gasteiger partial charge in [0.05, 0.1) is 0 Å². The first-order chi connectivity index (χ1) is 10.5. The zero-order valence-electron chi connectivity index (χ0n) is 15.2. The molecule has 7 heteroatoms. The zero-order chi connectivity index (χ0) is 16.7. The van der Waals surface area contributed by atoms with Gasteiger partial charge < -0.3 is 9.29 Å². The normalized spacial score (nSPS) is 12.8. The van der Waals surface area contributed by atoms with Gasteiger partial charge in [-0.15, -0.1) is 0 Å². The average Bonchev–Trinajstić information content (AvgIpc) is 2.43. The van der Waals surface area contributed by atoms with Gasteiger partial charge in [0.2, 0.25) is 10.4 Å². The van der Waals surface area contributed by atoms with Crippen LogP contribution in [0.4, 0.5) is 0 Å². The van der Waals surface area contributed by atoms with Crippen molar-refractivity contribution in [2.45, 2.75) is 97.2 Å². The summed E-state index contributed by atoms with van der Waals surface area (Å²) in [5, 5.41) is 0. The number of hydrogen-bond donors (Lipinski definition) is 0. The van der Waals surface area contributed by atoms with Gasteiger partial charge in [-0.3, -0.25) is 0 Å². The predicted octanol–water partition coefficient (Wildman–Crippen LogP) is 1.53. The van der Waals surface area contributed by atoms with E-state index in [9.17, 15) is 13.0 Å². The van der Waals surface area contributed by atoms with E-state index >= 15 is 0 Å². The summed E-state index contributed by atoms with van der Waals surface area (Å²) in [5.74, 6) is 0. The Labute approximate surface area is 185 Å². The maximum atomic E-state index is 10.6. The Morgan fingerprint density at radius 3 is 1.74 bits per heavy atom. The first-order valence-corrected chi connectivity index (χ1v) is 10.1. The number of unbranched alkanes of at least 4 members (excludes halogenated alkanes) is 9. The topological polar surface area (TPSA) is 75.7 Å². The minimum atomic E-state index is -4.69. The van der Waals surface area contributed by atoms with Crippen molar-refractivity contribution in [3.63, 3.8) is 0 Å². The van der Waals surface area contributed by atoms with E-state index in [0.717, 1.165) is 12.8 Å². The van der Waals surface area contributed by atoms with Gasteiger partial charge in [-0.05, 0) is 12.8 Å². The molecule has 0 fully saturated rings. The molecule has 0 spiro atoms. The van der Waals surface area contributed by atoms with Gasteiger partial charge in [0.15, 0.2) is 6.29 Å². The van der Waals surface area contributed by atoms with Crippen molar-refractivity contribution in [3.05, 3.63) is 0 Å². The van der Waals surface area contributed by atoms with Crippen LogP contribution in [-0.4, -0.2) is 25.9 Å². The first kappa shape index (κ1) is 26.7. The van der Waals surface area contributed by atoms with Crippen LogP contribution in [0.25, 0.3) is 0 Å². The Morgan fingerprint density at radius 1 is 0.826 bits per heavy atom. The quantitative estimate of drug-likeness (QED) is 0.134. The Balaban J connectivity index is 0. The standard InChI is InChI=1S/C16H34O5S.K/c1-3-5-6-7-8-9-10-11-12-13-15-20-16(14-4-2)21-22(17,18)19;/h16H,3-15H2,1-2H3,(H,17,18,19);/q;+1/p-1. The molecule has 0 amide bonds. The van der Waals surface area contributed by atoms with E-state index in [-0.39, 0.29) is 51.4 Å². The van der Waals surface area contributed by atoms with Gasteiger partial charge in [0, 0.05) is 6.61 Å². The largest absolute Gasteiger partial charge is 1.00 e. The second-order valence-corrected chi connectivity index (χ2v) is 6.78. The summed E-state index contributed by atoms with van der Waals surface area (Å²) >= 11 is 0. The maximum Gasteiger partial charge on any atom is 1.00 e. The van der Waals surface area contributed by atoms with Crippen LogP contribution in [0.2, 0.25) is 0 Å². The molecule has 134 valence electrons. The summed E-state index contributed by atoms with van der Waals surface area (Å²) in [6.07, 6.45) is 12.5. The van der Waals surface area contributed by atoms with Crippen LogP contribution in [0.3, 0.4) is 0 Å². The molecule has 0 aromatic carbocycles. The molecule has 1 atom stereocenters. The number of ether oxygens (including phenoxy) is 1. The molecule has 0 aliphatic rings. The van der Waals surface area contributed by atoms with Gasteiger partial charge in [0.1, 0.15) is 0 Å². The summed E-state index contributed by atoms with van der Waals surface area (Å²) in [6.45, 7) is 4.55. The third-order valence-electron chi connectivity index (χ3n) is 3.55. The van der Waals surface area contributed by atoms with Crippen molar-refractivity contribution in [1.82, 2.24) is 0 Å². The molecule has 0 aliphatic heterocycles. The fraction of sp³-hybridized carbons (Fsp3) is 1.00. The molecule has 0 aliphatic carbocycles. The average molecular weight is 377 g/mol. The van der Waals surface area contributed by atoms with E-state index in [1.54, 1.807) is 0 Å². The minimum absolute atomic E-state index is 0. The van der Waals surface area contributed by atoms with Crippen LogP contribution in [0.1, 0.15) is 90.9 Å². The molecule has 0 rings (SSSR count). The first-order valence-electron chi connectivity index (χ1n) is 8.75. The van der Waals surface area contributed by atoms with Crippen molar-refractivity contribution in [2.24, 2.45) is 0 Å². The Morgan fingerprint density at radius 2 is 1.30 bits per heavy atom. The van der Waals surface area contributed by atoms with Crippen LogP contribution >= 0.6 is 0 Å². The SMILES string of the molecule is CCCCCCCCCCCCOC(CCC)OS(=O)(=O)[O-].[K+]. The van der Waals surface area contributed by atoms with Crippen molar-refractivity contribution in [1.29, 1.82) is 0 Å². The van der Waals surface area contributed by atoms with Gasteiger partial charge >= 0.3 is 51.4 Å². The number of rotatable bonds is 16. The molecule has 0 radical (unpaired) electrons. The third kappa shape index (κ3) is 21.4. The van der Waals surface area contributed by atoms with Gasteiger partial charge in [-0.25, -0.2) is 12.6 Å². The van der Waals surface area contributed by atoms with Crippen LogP contribution in [0, 0.1) is 0 Å². The van der Waals surface area contributed by atoms with Gasteiger partial charge in [0.25, 0.3) is 0 Å². The van der Waals surface area contributed by atoms with E-state index in [0.29, 0.717) is 19.4 Å². The van der Waals surface area contributed by atoms with Crippen molar-refractivity contribution in [2.75, 3.05) is 6.61 Å².